The van der Waals surface area contributed by atoms with Gasteiger partial charge in [-0.05, 0) is 70.8 Å². The average Bonchev–Trinajstić information content (AvgIpc) is 2.79. The number of rotatable bonds is 7. The molecule has 3 aromatic carbocycles. The number of halogens is 1. The molecule has 4 rings (SSSR count). The molecule has 0 saturated heterocycles. The minimum absolute atomic E-state index is 0.150. The Bertz CT molecular complexity index is 1180. The lowest BCUT2D eigenvalue weighted by Crippen LogP contribution is -2.00. The van der Waals surface area contributed by atoms with Crippen molar-refractivity contribution in [2.24, 2.45) is 0 Å². The van der Waals surface area contributed by atoms with Crippen molar-refractivity contribution in [3.05, 3.63) is 107 Å². The van der Waals surface area contributed by atoms with Crippen LogP contribution in [0.15, 0.2) is 72.9 Å². The second-order valence-corrected chi connectivity index (χ2v) is 8.32. The Hall–Kier alpha value is -3.20. The third-order valence-electron chi connectivity index (χ3n) is 5.88. The first-order valence-electron chi connectivity index (χ1n) is 10.8. The average molecular weight is 414 g/mol. The molecular formula is C28H28FNO. The number of aromatic nitrogens is 1. The van der Waals surface area contributed by atoms with Crippen molar-refractivity contribution in [3.8, 4) is 5.75 Å². The lowest BCUT2D eigenvalue weighted by Gasteiger charge is -2.14. The molecule has 0 aliphatic carbocycles. The molecule has 3 heteroatoms. The van der Waals surface area contributed by atoms with Crippen molar-refractivity contribution in [1.29, 1.82) is 0 Å². The Labute approximate surface area is 183 Å². The summed E-state index contributed by atoms with van der Waals surface area (Å²) < 4.78 is 20.4. The fraction of sp³-hybridized carbons (Fsp3) is 0.250. The minimum atomic E-state index is -0.150. The van der Waals surface area contributed by atoms with Crippen LogP contribution in [-0.2, 0) is 19.3 Å². The van der Waals surface area contributed by atoms with Gasteiger partial charge in [0.05, 0.1) is 12.6 Å². The largest absolute Gasteiger partial charge is 0.496 e. The van der Waals surface area contributed by atoms with E-state index in [4.69, 9.17) is 4.74 Å². The van der Waals surface area contributed by atoms with E-state index in [1.807, 2.05) is 30.5 Å². The van der Waals surface area contributed by atoms with Gasteiger partial charge in [-0.25, -0.2) is 4.39 Å². The van der Waals surface area contributed by atoms with Crippen molar-refractivity contribution >= 4 is 10.9 Å². The quantitative estimate of drug-likeness (QED) is 0.329. The fourth-order valence-electron chi connectivity index (χ4n) is 4.01. The smallest absolute Gasteiger partial charge is 0.127 e. The number of hydrogen-bond donors (Lipinski definition) is 0. The van der Waals surface area contributed by atoms with Crippen LogP contribution in [0, 0.1) is 5.82 Å². The standard InChI is InChI=1S/C28H28FNO/c1-19(2)21-11-12-23(26(29)16-21)15-22-13-14-30-27-17-24(28(31-3)18-25(22)27)10-9-20-7-5-4-6-8-20/h4-8,11-14,16-19H,9-10,15H2,1-3H3. The molecule has 0 aliphatic heterocycles. The number of pyridine rings is 1. The van der Waals surface area contributed by atoms with E-state index >= 15 is 0 Å². The van der Waals surface area contributed by atoms with Crippen molar-refractivity contribution in [2.75, 3.05) is 7.11 Å². The molecule has 1 heterocycles. The molecule has 1 aromatic heterocycles. The number of nitrogens with zero attached hydrogens (tertiary/aromatic N) is 1. The van der Waals surface area contributed by atoms with Gasteiger partial charge in [-0.15, -0.1) is 0 Å². The van der Waals surface area contributed by atoms with Gasteiger partial charge in [0.1, 0.15) is 11.6 Å². The number of hydrogen-bond acceptors (Lipinski definition) is 2. The van der Waals surface area contributed by atoms with E-state index in [9.17, 15) is 4.39 Å². The monoisotopic (exact) mass is 413 g/mol. The predicted molar refractivity (Wildman–Crippen MR) is 125 cm³/mol. The van der Waals surface area contributed by atoms with E-state index in [0.29, 0.717) is 17.9 Å². The molecule has 0 aliphatic rings. The van der Waals surface area contributed by atoms with E-state index in [2.05, 4.69) is 55.2 Å². The maximum Gasteiger partial charge on any atom is 0.127 e. The maximum atomic E-state index is 14.7. The summed E-state index contributed by atoms with van der Waals surface area (Å²) in [6, 6.07) is 22.2. The van der Waals surface area contributed by atoms with E-state index in [1.165, 1.54) is 5.56 Å². The third kappa shape index (κ3) is 4.77. The molecule has 31 heavy (non-hydrogen) atoms. The highest BCUT2D eigenvalue weighted by molar-refractivity contribution is 5.85. The highest BCUT2D eigenvalue weighted by atomic mass is 19.1. The Kier molecular flexibility index (Phi) is 6.31. The first-order valence-corrected chi connectivity index (χ1v) is 10.8. The molecule has 0 fully saturated rings. The number of ether oxygens (including phenoxy) is 1. The second-order valence-electron chi connectivity index (χ2n) is 8.32. The first-order chi connectivity index (χ1) is 15.0. The summed E-state index contributed by atoms with van der Waals surface area (Å²) in [6.45, 7) is 4.15. The number of fused-ring (bicyclic) bond motifs is 1. The van der Waals surface area contributed by atoms with Gasteiger partial charge in [0.2, 0.25) is 0 Å². The van der Waals surface area contributed by atoms with E-state index in [1.54, 1.807) is 13.2 Å². The van der Waals surface area contributed by atoms with Crippen LogP contribution in [0.2, 0.25) is 0 Å². The van der Waals surface area contributed by atoms with Gasteiger partial charge in [-0.2, -0.15) is 0 Å². The first kappa shape index (κ1) is 21.0. The summed E-state index contributed by atoms with van der Waals surface area (Å²) in [5, 5.41) is 1.01. The lowest BCUT2D eigenvalue weighted by atomic mass is 9.95. The van der Waals surface area contributed by atoms with Crippen LogP contribution in [0.3, 0.4) is 0 Å². The fourth-order valence-corrected chi connectivity index (χ4v) is 4.01. The van der Waals surface area contributed by atoms with Crippen LogP contribution in [0.5, 0.6) is 5.75 Å². The van der Waals surface area contributed by atoms with Gasteiger partial charge in [0.25, 0.3) is 0 Å². The zero-order valence-electron chi connectivity index (χ0n) is 18.4. The normalized spacial score (nSPS) is 11.3. The minimum Gasteiger partial charge on any atom is -0.496 e. The van der Waals surface area contributed by atoms with Crippen LogP contribution in [0.1, 0.15) is 47.6 Å². The summed E-state index contributed by atoms with van der Waals surface area (Å²) in [5.74, 6) is 1.01. The summed E-state index contributed by atoms with van der Waals surface area (Å²) in [7, 11) is 1.70. The topological polar surface area (TPSA) is 22.1 Å². The zero-order chi connectivity index (χ0) is 21.8. The van der Waals surface area contributed by atoms with Gasteiger partial charge in [-0.3, -0.25) is 4.98 Å². The molecule has 0 N–H and O–H groups in total. The molecule has 0 spiro atoms. The summed E-state index contributed by atoms with van der Waals surface area (Å²) in [6.07, 6.45) is 4.15. The third-order valence-corrected chi connectivity index (χ3v) is 5.88. The molecule has 2 nitrogen and oxygen atoms in total. The second kappa shape index (κ2) is 9.30. The predicted octanol–water partition coefficient (Wildman–Crippen LogP) is 6.88. The van der Waals surface area contributed by atoms with Gasteiger partial charge in [0, 0.05) is 18.0 Å². The summed E-state index contributed by atoms with van der Waals surface area (Å²) in [5.41, 5.74) is 6.12. The van der Waals surface area contributed by atoms with E-state index in [-0.39, 0.29) is 5.82 Å². The SMILES string of the molecule is COc1cc2c(Cc3ccc(C(C)C)cc3F)ccnc2cc1CCc1ccccc1. The van der Waals surface area contributed by atoms with Crippen molar-refractivity contribution < 1.29 is 9.13 Å². The van der Waals surface area contributed by atoms with Crippen molar-refractivity contribution in [3.63, 3.8) is 0 Å². The molecule has 0 radical (unpaired) electrons. The highest BCUT2D eigenvalue weighted by Crippen LogP contribution is 2.30. The molecule has 0 bridgehead atoms. The molecule has 4 aromatic rings. The van der Waals surface area contributed by atoms with Crippen LogP contribution in [0.4, 0.5) is 4.39 Å². The Morgan fingerprint density at radius 1 is 0.871 bits per heavy atom. The number of aryl methyl sites for hydroxylation is 2. The zero-order valence-corrected chi connectivity index (χ0v) is 18.4. The van der Waals surface area contributed by atoms with Crippen LogP contribution < -0.4 is 4.74 Å². The summed E-state index contributed by atoms with van der Waals surface area (Å²) in [4.78, 5) is 4.58. The highest BCUT2D eigenvalue weighted by Gasteiger charge is 2.13. The van der Waals surface area contributed by atoms with Gasteiger partial charge < -0.3 is 4.74 Å². The lowest BCUT2D eigenvalue weighted by molar-refractivity contribution is 0.410. The molecule has 0 amide bonds. The molecule has 158 valence electrons. The van der Waals surface area contributed by atoms with Crippen molar-refractivity contribution in [1.82, 2.24) is 4.98 Å². The number of benzene rings is 3. The van der Waals surface area contributed by atoms with Gasteiger partial charge in [0.15, 0.2) is 0 Å². The molecule has 0 unspecified atom stereocenters. The van der Waals surface area contributed by atoms with Gasteiger partial charge in [-0.1, -0.05) is 56.3 Å². The van der Waals surface area contributed by atoms with Crippen molar-refractivity contribution in [2.45, 2.75) is 39.0 Å². The Balaban J connectivity index is 1.65. The van der Waals surface area contributed by atoms with E-state index < -0.39 is 0 Å². The molecule has 0 saturated carbocycles. The maximum absolute atomic E-state index is 14.7. The van der Waals surface area contributed by atoms with Crippen LogP contribution in [0.25, 0.3) is 10.9 Å². The van der Waals surface area contributed by atoms with Gasteiger partial charge >= 0.3 is 0 Å². The number of methoxy groups -OCH3 is 1. The van der Waals surface area contributed by atoms with Crippen LogP contribution in [-0.4, -0.2) is 12.1 Å². The summed E-state index contributed by atoms with van der Waals surface area (Å²) >= 11 is 0. The van der Waals surface area contributed by atoms with E-state index in [0.717, 1.165) is 46.2 Å². The van der Waals surface area contributed by atoms with Crippen LogP contribution >= 0.6 is 0 Å². The Morgan fingerprint density at radius 2 is 1.68 bits per heavy atom. The molecular weight excluding hydrogens is 385 g/mol. The molecule has 0 atom stereocenters. The Morgan fingerprint density at radius 3 is 2.39 bits per heavy atom.